The first kappa shape index (κ1) is 52.3. The number of aliphatic carboxylic acids is 1. The lowest BCUT2D eigenvalue weighted by molar-refractivity contribution is -0.143. The molecule has 4 aliphatic rings. The van der Waals surface area contributed by atoms with E-state index in [0.29, 0.717) is 38.8 Å². The zero-order chi connectivity index (χ0) is 40.7. The van der Waals surface area contributed by atoms with Crippen LogP contribution in [0.15, 0.2) is 25.3 Å². The molecule has 55 heavy (non-hydrogen) atoms. The van der Waals surface area contributed by atoms with Gasteiger partial charge in [0.05, 0.1) is 30.4 Å². The zero-order valence-corrected chi connectivity index (χ0v) is 36.7. The van der Waals surface area contributed by atoms with Gasteiger partial charge in [0.1, 0.15) is 22.8 Å². The summed E-state index contributed by atoms with van der Waals surface area (Å²) in [5, 5.41) is 9.09. The highest BCUT2D eigenvalue weighted by atomic mass is 35.5. The van der Waals surface area contributed by atoms with Crippen molar-refractivity contribution >= 4 is 75.6 Å². The van der Waals surface area contributed by atoms with Gasteiger partial charge in [-0.2, -0.15) is 0 Å². The first-order valence-corrected chi connectivity index (χ1v) is 19.0. The maximum atomic E-state index is 13.0. The molecule has 6 unspecified atom stereocenters. The van der Waals surface area contributed by atoms with Crippen molar-refractivity contribution in [2.24, 2.45) is 34.8 Å². The van der Waals surface area contributed by atoms with E-state index in [0.717, 1.165) is 12.8 Å². The smallest absolute Gasteiger partial charge is 0.411 e. The number of nitrogens with two attached hydrogens (primary N) is 1. The number of ketones is 1. The Bertz CT molecular complexity index is 1410. The number of likely N-dealkylation sites (tertiary alicyclic amines) is 2. The van der Waals surface area contributed by atoms with Crippen molar-refractivity contribution in [2.45, 2.75) is 129 Å². The lowest BCUT2D eigenvalue weighted by Gasteiger charge is -2.28. The highest BCUT2D eigenvalue weighted by molar-refractivity contribution is 7.11. The Morgan fingerprint density at radius 3 is 1.53 bits per heavy atom. The number of allylic oxidation sites excluding steroid dienone is 1. The molecule has 0 aromatic carbocycles. The predicted octanol–water partition coefficient (Wildman–Crippen LogP) is 5.88. The summed E-state index contributed by atoms with van der Waals surface area (Å²) in [5.74, 6) is -1.28. The molecule has 3 N–H and O–H groups in total. The van der Waals surface area contributed by atoms with Gasteiger partial charge in [-0.1, -0.05) is 38.8 Å². The largest absolute Gasteiger partial charge is 0.480 e. The molecule has 0 spiro atoms. The molecule has 2 heterocycles. The van der Waals surface area contributed by atoms with Gasteiger partial charge in [0, 0.05) is 33.8 Å². The number of carbonyl (C=O) groups excluding carboxylic acids is 5. The summed E-state index contributed by atoms with van der Waals surface area (Å²) in [7, 11) is 3.85. The number of hydrogen-bond donors (Lipinski definition) is 2. The van der Waals surface area contributed by atoms with E-state index in [9.17, 15) is 28.8 Å². The van der Waals surface area contributed by atoms with Gasteiger partial charge in [-0.25, -0.2) is 19.2 Å². The molecule has 2 saturated carbocycles. The minimum Gasteiger partial charge on any atom is -0.480 e. The predicted molar refractivity (Wildman–Crippen MR) is 218 cm³/mol. The van der Waals surface area contributed by atoms with E-state index in [1.165, 1.54) is 9.80 Å². The standard InChI is InChI=1S/C19H30NO5P.C12H21NO4.C6H10NO2P.B.ClH/c1-6-12-8-14(20(11-12)17(23)24-18(3,4)5)15(21)10-19(16(22)25-26)9-13(19)7-2;1-5-8-6-9(10(14)15)13(7-8)11(16)17-12(2,3)4;1-2-4-3-6(4,7)5(8)9-10;;/h7,12-14H,2,6,8-11,26H2,1,3-5H3;8-9H,5-7H2,1-4H3,(H,14,15);2,4H,1,3,7,10H2;;1H/t12-,13?,14+,19?;8-,9+;;;/m11.../s1. The van der Waals surface area contributed by atoms with Gasteiger partial charge in [-0.05, 0) is 85.0 Å². The number of hydrogen-bond acceptors (Lipinski definition) is 11. The molecule has 10 atom stereocenters. The van der Waals surface area contributed by atoms with Crippen LogP contribution in [0, 0.1) is 29.1 Å². The van der Waals surface area contributed by atoms with Gasteiger partial charge in [0.15, 0.2) is 5.78 Å². The fraction of sp³-hybridized carbons (Fsp3) is 0.730. The first-order chi connectivity index (χ1) is 24.5. The number of carboxylic acids is 1. The van der Waals surface area contributed by atoms with E-state index in [1.807, 2.05) is 32.8 Å². The van der Waals surface area contributed by atoms with Crippen LogP contribution < -0.4 is 5.73 Å². The summed E-state index contributed by atoms with van der Waals surface area (Å²) < 4.78 is 19.9. The SMILES string of the molecule is C=CC1CC1(CC(=O)[C@@H]1C[C@@H](CC)CN1C(=O)OC(C)(C)C)C(=O)OP.C=CC1CC1(N)C(=O)OP.CC[C@@H]1C[C@@H](C(=O)O)N(C(=O)OC(C)(C)C)C1.Cl.[B]. The number of carboxylic acid groups (broad SMARTS) is 1. The summed E-state index contributed by atoms with van der Waals surface area (Å²) >= 11 is 0. The van der Waals surface area contributed by atoms with Crippen molar-refractivity contribution in [2.75, 3.05) is 13.1 Å². The minimum absolute atomic E-state index is 0. The van der Waals surface area contributed by atoms with Crippen molar-refractivity contribution in [3.8, 4) is 0 Å². The molecule has 0 aromatic rings. The minimum atomic E-state index is -0.952. The Morgan fingerprint density at radius 1 is 0.782 bits per heavy atom. The lowest BCUT2D eigenvalue weighted by Crippen LogP contribution is -2.44. The third-order valence-corrected chi connectivity index (χ3v) is 10.5. The number of Topliss-reactive ketones (excluding diaryl/α,β-unsaturated/α-hetero) is 1. The second-order valence-corrected chi connectivity index (χ2v) is 16.9. The molecule has 2 aliphatic carbocycles. The molecule has 0 bridgehead atoms. The molecule has 4 fully saturated rings. The van der Waals surface area contributed by atoms with Crippen LogP contribution in [0.2, 0.25) is 0 Å². The Hall–Kier alpha value is -2.73. The number of carbonyl (C=O) groups is 6. The zero-order valence-electron chi connectivity index (χ0n) is 33.5. The fourth-order valence-corrected chi connectivity index (χ4v) is 7.12. The van der Waals surface area contributed by atoms with E-state index in [2.05, 4.69) is 17.7 Å². The van der Waals surface area contributed by atoms with E-state index in [4.69, 9.17) is 24.8 Å². The van der Waals surface area contributed by atoms with Crippen LogP contribution in [0.4, 0.5) is 9.59 Å². The maximum absolute atomic E-state index is 13.0. The van der Waals surface area contributed by atoms with E-state index >= 15 is 0 Å². The topological polar surface area (TPSA) is 192 Å². The molecule has 0 aromatic heterocycles. The van der Waals surface area contributed by atoms with Gasteiger partial charge in [-0.3, -0.25) is 19.4 Å². The van der Waals surface area contributed by atoms with E-state index in [-0.39, 0.29) is 62.7 Å². The number of halogens is 1. The monoisotopic (exact) mass is 832 g/mol. The molecule has 4 rings (SSSR count). The average Bonchev–Trinajstić information content (AvgIpc) is 3.79. The van der Waals surface area contributed by atoms with E-state index < -0.39 is 58.4 Å². The first-order valence-electron chi connectivity index (χ1n) is 18.1. The van der Waals surface area contributed by atoms with Gasteiger partial charge < -0.3 is 29.4 Å². The number of rotatable bonds is 10. The highest BCUT2D eigenvalue weighted by Gasteiger charge is 2.61. The second kappa shape index (κ2) is 21.2. The quantitative estimate of drug-likeness (QED) is 0.151. The Balaban J connectivity index is 0.000000864. The molecular weight excluding hydrogens is 771 g/mol. The molecule has 18 heteroatoms. The number of nitrogens with zero attached hydrogens (tertiary/aromatic N) is 2. The third-order valence-electron chi connectivity index (χ3n) is 10.1. The Morgan fingerprint density at radius 2 is 1.20 bits per heavy atom. The normalized spacial score (nSPS) is 28.9. The van der Waals surface area contributed by atoms with Crippen LogP contribution in [-0.2, 0) is 37.7 Å². The van der Waals surface area contributed by atoms with Crippen molar-refractivity contribution < 1.29 is 52.4 Å². The Kier molecular flexibility index (Phi) is 20.1. The number of amides is 2. The van der Waals surface area contributed by atoms with Gasteiger partial charge >= 0.3 is 30.1 Å². The van der Waals surface area contributed by atoms with Crippen LogP contribution >= 0.6 is 31.3 Å². The summed E-state index contributed by atoms with van der Waals surface area (Å²) in [6, 6.07) is -1.29. The van der Waals surface area contributed by atoms with Gasteiger partial charge in [-0.15, -0.1) is 25.6 Å². The van der Waals surface area contributed by atoms with Crippen LogP contribution in [0.25, 0.3) is 0 Å². The molecule has 14 nitrogen and oxygen atoms in total. The van der Waals surface area contributed by atoms with Crippen molar-refractivity contribution in [3.05, 3.63) is 25.3 Å². The summed E-state index contributed by atoms with van der Waals surface area (Å²) in [6.07, 6.45) is 6.56. The van der Waals surface area contributed by atoms with Gasteiger partial charge in [0.25, 0.3) is 0 Å². The van der Waals surface area contributed by atoms with Crippen LogP contribution in [0.1, 0.15) is 100 Å². The molecule has 2 saturated heterocycles. The lowest BCUT2D eigenvalue weighted by atomic mass is 9.91. The van der Waals surface area contributed by atoms with Crippen molar-refractivity contribution in [1.82, 2.24) is 9.80 Å². The molecular formula is C37H62BClN3O11P2. The molecule has 3 radical (unpaired) electrons. The Labute approximate surface area is 339 Å². The fourth-order valence-electron chi connectivity index (χ4n) is 6.66. The van der Waals surface area contributed by atoms with Crippen LogP contribution in [0.3, 0.4) is 0 Å². The third kappa shape index (κ3) is 14.0. The maximum Gasteiger partial charge on any atom is 0.411 e. The molecule has 311 valence electrons. The second-order valence-electron chi connectivity index (χ2n) is 16.4. The van der Waals surface area contributed by atoms with Crippen LogP contribution in [0.5, 0.6) is 0 Å². The van der Waals surface area contributed by atoms with Crippen molar-refractivity contribution in [3.63, 3.8) is 0 Å². The summed E-state index contributed by atoms with van der Waals surface area (Å²) in [4.78, 5) is 74.5. The highest BCUT2D eigenvalue weighted by Crippen LogP contribution is 2.57. The van der Waals surface area contributed by atoms with Crippen LogP contribution in [-0.4, -0.2) is 101 Å². The van der Waals surface area contributed by atoms with E-state index in [1.54, 1.807) is 53.7 Å². The van der Waals surface area contributed by atoms with Crippen molar-refractivity contribution in [1.29, 1.82) is 0 Å². The summed E-state index contributed by atoms with van der Waals surface area (Å²) in [5.41, 5.74) is 2.78. The number of ether oxygens (including phenoxy) is 2. The average molecular weight is 833 g/mol. The summed E-state index contributed by atoms with van der Waals surface area (Å²) in [6.45, 7) is 23.0. The molecule has 2 aliphatic heterocycles. The van der Waals surface area contributed by atoms with Gasteiger partial charge in [0.2, 0.25) is 0 Å². The molecule has 2 amide bonds.